The van der Waals surface area contributed by atoms with E-state index in [9.17, 15) is 0 Å². The molecule has 0 unspecified atom stereocenters. The third kappa shape index (κ3) is 3.34. The van der Waals surface area contributed by atoms with Crippen molar-refractivity contribution in [2.45, 2.75) is 13.3 Å². The van der Waals surface area contributed by atoms with Crippen molar-refractivity contribution in [3.8, 4) is 0 Å². The Morgan fingerprint density at radius 3 is 2.67 bits per heavy atom. The summed E-state index contributed by atoms with van der Waals surface area (Å²) in [5, 5.41) is 4.15. The number of hydrogen-bond acceptors (Lipinski definition) is 3. The molecule has 0 radical (unpaired) electrons. The fourth-order valence-corrected chi connectivity index (χ4v) is 2.34. The van der Waals surface area contributed by atoms with Gasteiger partial charge in [-0.25, -0.2) is 9.97 Å². The summed E-state index contributed by atoms with van der Waals surface area (Å²) in [6, 6.07) is 7.25. The molecule has 6 heteroatoms. The van der Waals surface area contributed by atoms with E-state index in [4.69, 9.17) is 23.2 Å². The summed E-state index contributed by atoms with van der Waals surface area (Å²) < 4.78 is 0.924. The first-order valence-electron chi connectivity index (χ1n) is 5.34. The number of hydrogen-bond donors (Lipinski definition) is 1. The molecule has 0 aliphatic carbocycles. The second-order valence-corrected chi connectivity index (χ2v) is 5.30. The molecule has 0 saturated heterocycles. The Balaban J connectivity index is 2.30. The minimum absolute atomic E-state index is 0.414. The molecule has 94 valence electrons. The highest BCUT2D eigenvalue weighted by atomic mass is 79.9. The van der Waals surface area contributed by atoms with Gasteiger partial charge in [0.2, 0.25) is 0 Å². The molecule has 0 amide bonds. The van der Waals surface area contributed by atoms with Crippen molar-refractivity contribution in [1.29, 1.82) is 0 Å². The second-order valence-electron chi connectivity index (χ2n) is 3.59. The first-order chi connectivity index (χ1) is 8.58. The van der Waals surface area contributed by atoms with Gasteiger partial charge in [-0.2, -0.15) is 0 Å². The van der Waals surface area contributed by atoms with Crippen LogP contribution in [0.2, 0.25) is 10.2 Å². The molecule has 1 aromatic heterocycles. The van der Waals surface area contributed by atoms with E-state index in [2.05, 4.69) is 31.2 Å². The van der Waals surface area contributed by atoms with E-state index in [1.165, 1.54) is 0 Å². The molecule has 3 nitrogen and oxygen atoms in total. The third-order valence-corrected chi connectivity index (χ3v) is 3.25. The van der Waals surface area contributed by atoms with Crippen molar-refractivity contribution in [2.24, 2.45) is 0 Å². The molecular formula is C12H10BrCl2N3. The predicted octanol–water partition coefficient (Wildman–Crippen LogP) is 4.85. The van der Waals surface area contributed by atoms with Crippen LogP contribution in [0.25, 0.3) is 0 Å². The zero-order valence-electron chi connectivity index (χ0n) is 9.54. The molecule has 1 heterocycles. The number of aryl methyl sites for hydroxylation is 1. The Morgan fingerprint density at radius 2 is 2.00 bits per heavy atom. The van der Waals surface area contributed by atoms with Gasteiger partial charge in [0.25, 0.3) is 0 Å². The van der Waals surface area contributed by atoms with Gasteiger partial charge in [0.05, 0.1) is 10.7 Å². The summed E-state index contributed by atoms with van der Waals surface area (Å²) in [5.41, 5.74) is 0.775. The van der Waals surface area contributed by atoms with E-state index in [1.54, 1.807) is 6.07 Å². The van der Waals surface area contributed by atoms with Crippen LogP contribution >= 0.6 is 39.1 Å². The van der Waals surface area contributed by atoms with Gasteiger partial charge >= 0.3 is 0 Å². The van der Waals surface area contributed by atoms with Crippen LogP contribution in [0.1, 0.15) is 12.7 Å². The normalized spacial score (nSPS) is 10.4. The zero-order chi connectivity index (χ0) is 13.1. The maximum Gasteiger partial charge on any atom is 0.135 e. The van der Waals surface area contributed by atoms with Crippen molar-refractivity contribution < 1.29 is 0 Å². The first-order valence-corrected chi connectivity index (χ1v) is 6.89. The van der Waals surface area contributed by atoms with Crippen molar-refractivity contribution in [2.75, 3.05) is 5.32 Å². The lowest BCUT2D eigenvalue weighted by Gasteiger charge is -2.09. The SMILES string of the molecule is CCc1nc(Cl)cc(Nc2ccc(Br)cc2Cl)n1. The lowest BCUT2D eigenvalue weighted by molar-refractivity contribution is 0.943. The van der Waals surface area contributed by atoms with Gasteiger partial charge in [-0.3, -0.25) is 0 Å². The molecule has 0 atom stereocenters. The number of rotatable bonds is 3. The topological polar surface area (TPSA) is 37.8 Å². The van der Waals surface area contributed by atoms with Crippen LogP contribution in [0.15, 0.2) is 28.7 Å². The molecule has 0 bridgehead atoms. The summed E-state index contributed by atoms with van der Waals surface area (Å²) >= 11 is 15.4. The molecule has 1 N–H and O–H groups in total. The van der Waals surface area contributed by atoms with Gasteiger partial charge in [-0.15, -0.1) is 0 Å². The fraction of sp³-hybridized carbons (Fsp3) is 0.167. The number of halogens is 3. The molecule has 1 aromatic carbocycles. The predicted molar refractivity (Wildman–Crippen MR) is 78.9 cm³/mol. The van der Waals surface area contributed by atoms with E-state index in [-0.39, 0.29) is 0 Å². The Kier molecular flexibility index (Phi) is 4.43. The lowest BCUT2D eigenvalue weighted by Crippen LogP contribution is -1.99. The van der Waals surface area contributed by atoms with Crippen LogP contribution < -0.4 is 5.32 Å². The molecule has 0 fully saturated rings. The van der Waals surface area contributed by atoms with Gasteiger partial charge in [0.15, 0.2) is 0 Å². The average molecular weight is 347 g/mol. The summed E-state index contributed by atoms with van der Waals surface area (Å²) in [6.07, 6.45) is 0.726. The fourth-order valence-electron chi connectivity index (χ4n) is 1.42. The lowest BCUT2D eigenvalue weighted by atomic mass is 10.3. The maximum absolute atomic E-state index is 6.12. The highest BCUT2D eigenvalue weighted by molar-refractivity contribution is 9.10. The van der Waals surface area contributed by atoms with Crippen molar-refractivity contribution >= 4 is 50.6 Å². The van der Waals surface area contributed by atoms with Crippen molar-refractivity contribution in [3.05, 3.63) is 44.7 Å². The van der Waals surface area contributed by atoms with Crippen molar-refractivity contribution in [1.82, 2.24) is 9.97 Å². The largest absolute Gasteiger partial charge is 0.339 e. The Hall–Kier alpha value is -0.840. The summed E-state index contributed by atoms with van der Waals surface area (Å²) in [7, 11) is 0. The molecule has 18 heavy (non-hydrogen) atoms. The number of nitrogens with zero attached hydrogens (tertiary/aromatic N) is 2. The number of nitrogens with one attached hydrogen (secondary N) is 1. The van der Waals surface area contributed by atoms with Crippen molar-refractivity contribution in [3.63, 3.8) is 0 Å². The van der Waals surface area contributed by atoms with E-state index >= 15 is 0 Å². The standard InChI is InChI=1S/C12H10BrCl2N3/c1-2-11-17-10(15)6-12(18-11)16-9-4-3-7(13)5-8(9)14/h3-6H,2H2,1H3,(H,16,17,18). The first kappa shape index (κ1) is 13.6. The maximum atomic E-state index is 6.12. The summed E-state index contributed by atoms with van der Waals surface area (Å²) in [4.78, 5) is 8.44. The van der Waals surface area contributed by atoms with Crippen LogP contribution in [0.3, 0.4) is 0 Å². The highest BCUT2D eigenvalue weighted by Gasteiger charge is 2.05. The van der Waals surface area contributed by atoms with Gasteiger partial charge in [0.1, 0.15) is 16.8 Å². The molecule has 0 aliphatic rings. The average Bonchev–Trinajstić information content (AvgIpc) is 2.32. The van der Waals surface area contributed by atoms with E-state index in [0.717, 1.165) is 16.6 Å². The van der Waals surface area contributed by atoms with Crippen LogP contribution in [-0.2, 0) is 6.42 Å². The zero-order valence-corrected chi connectivity index (χ0v) is 12.6. The Morgan fingerprint density at radius 1 is 1.22 bits per heavy atom. The third-order valence-electron chi connectivity index (χ3n) is 2.25. The molecule has 2 aromatic rings. The highest BCUT2D eigenvalue weighted by Crippen LogP contribution is 2.28. The molecule has 2 rings (SSSR count). The summed E-state index contributed by atoms with van der Waals surface area (Å²) in [5.74, 6) is 1.33. The van der Waals surface area contributed by atoms with Crippen LogP contribution in [0.5, 0.6) is 0 Å². The molecule has 0 saturated carbocycles. The monoisotopic (exact) mass is 345 g/mol. The van der Waals surface area contributed by atoms with E-state index in [0.29, 0.717) is 21.8 Å². The number of benzene rings is 1. The van der Waals surface area contributed by atoms with Crippen LogP contribution in [-0.4, -0.2) is 9.97 Å². The molecule has 0 spiro atoms. The minimum atomic E-state index is 0.414. The van der Waals surface area contributed by atoms with Gasteiger partial charge in [0, 0.05) is 17.0 Å². The molecular weight excluding hydrogens is 337 g/mol. The van der Waals surface area contributed by atoms with Gasteiger partial charge in [-0.1, -0.05) is 46.1 Å². The number of anilines is 2. The quantitative estimate of drug-likeness (QED) is 0.807. The molecule has 0 aliphatic heterocycles. The smallest absolute Gasteiger partial charge is 0.135 e. The van der Waals surface area contributed by atoms with Gasteiger partial charge < -0.3 is 5.32 Å². The minimum Gasteiger partial charge on any atom is -0.339 e. The van der Waals surface area contributed by atoms with Crippen LogP contribution in [0.4, 0.5) is 11.5 Å². The summed E-state index contributed by atoms with van der Waals surface area (Å²) in [6.45, 7) is 1.97. The second kappa shape index (κ2) is 5.87. The van der Waals surface area contributed by atoms with E-state index in [1.807, 2.05) is 25.1 Å². The Labute approximate surface area is 124 Å². The van der Waals surface area contributed by atoms with Crippen LogP contribution in [0, 0.1) is 0 Å². The van der Waals surface area contributed by atoms with E-state index < -0.39 is 0 Å². The number of aromatic nitrogens is 2. The Bertz CT molecular complexity index is 575. The van der Waals surface area contributed by atoms with Gasteiger partial charge in [-0.05, 0) is 18.2 Å².